The van der Waals surface area contributed by atoms with Gasteiger partial charge in [0, 0.05) is 42.4 Å². The Hall–Kier alpha value is -1.91. The van der Waals surface area contributed by atoms with Crippen molar-refractivity contribution in [2.24, 2.45) is 11.8 Å². The summed E-state index contributed by atoms with van der Waals surface area (Å²) < 4.78 is 19.7. The molecule has 3 aromatic rings. The van der Waals surface area contributed by atoms with Crippen LogP contribution in [0.4, 0.5) is 4.39 Å². The number of thioether (sulfide) groups is 1. The number of halogens is 2. The van der Waals surface area contributed by atoms with E-state index < -0.39 is 12.1 Å². The van der Waals surface area contributed by atoms with Crippen LogP contribution in [0, 0.1) is 17.7 Å². The van der Waals surface area contributed by atoms with Crippen LogP contribution in [-0.4, -0.2) is 58.6 Å². The predicted molar refractivity (Wildman–Crippen MR) is 143 cm³/mol. The van der Waals surface area contributed by atoms with Gasteiger partial charge in [-0.1, -0.05) is 11.6 Å². The maximum absolute atomic E-state index is 13.7. The van der Waals surface area contributed by atoms with Gasteiger partial charge in [0.15, 0.2) is 0 Å². The first-order chi connectivity index (χ1) is 17.4. The number of methoxy groups -OCH3 is 1. The Morgan fingerprint density at radius 3 is 2.94 bits per heavy atom. The van der Waals surface area contributed by atoms with Crippen molar-refractivity contribution in [3.8, 4) is 5.75 Å². The van der Waals surface area contributed by atoms with Crippen LogP contribution in [-0.2, 0) is 4.79 Å². The highest BCUT2D eigenvalue weighted by atomic mass is 35.5. The molecule has 2 N–H and O–H groups in total. The SMILES string of the molecule is COc1ccc2ncc(Cl)c(C(O)CCC3CCN(CCSc4sccc4F)CC3CC(=O)O)c2c1. The van der Waals surface area contributed by atoms with Crippen LogP contribution < -0.4 is 4.74 Å². The number of aliphatic hydroxyl groups excluding tert-OH is 1. The van der Waals surface area contributed by atoms with E-state index in [1.807, 2.05) is 18.2 Å². The molecule has 1 fully saturated rings. The molecule has 0 saturated carbocycles. The standard InChI is InChI=1S/C26H30ClFN2O4S2/c1-34-18-3-4-22-19(13-18)25(20(27)14-29-22)23(31)5-2-16-6-8-30(15-17(16)12-24(32)33)9-11-36-26-21(28)7-10-35-26/h3-4,7,10,13-14,16-17,23,31H,2,5-6,8-9,11-12,15H2,1H3,(H,32,33). The number of aliphatic carboxylic acids is 1. The molecular formula is C26H30ClFN2O4S2. The smallest absolute Gasteiger partial charge is 0.303 e. The molecule has 0 spiro atoms. The van der Waals surface area contributed by atoms with Crippen LogP contribution in [0.2, 0.25) is 5.02 Å². The number of carboxylic acids is 1. The summed E-state index contributed by atoms with van der Waals surface area (Å²) in [6.45, 7) is 2.34. The lowest BCUT2D eigenvalue weighted by molar-refractivity contribution is -0.139. The van der Waals surface area contributed by atoms with Crippen molar-refractivity contribution < 1.29 is 24.1 Å². The van der Waals surface area contributed by atoms with Crippen LogP contribution in [0.25, 0.3) is 10.9 Å². The second-order valence-electron chi connectivity index (χ2n) is 9.11. The summed E-state index contributed by atoms with van der Waals surface area (Å²) in [5.74, 6) is 0.628. The molecule has 0 radical (unpaired) electrons. The van der Waals surface area contributed by atoms with Gasteiger partial charge in [-0.25, -0.2) is 4.39 Å². The lowest BCUT2D eigenvalue weighted by Gasteiger charge is -2.38. The van der Waals surface area contributed by atoms with Gasteiger partial charge in [-0.2, -0.15) is 0 Å². The largest absolute Gasteiger partial charge is 0.497 e. The Morgan fingerprint density at radius 2 is 2.22 bits per heavy atom. The first-order valence-corrected chi connectivity index (χ1v) is 14.2. The van der Waals surface area contributed by atoms with Gasteiger partial charge in [0.1, 0.15) is 11.6 Å². The van der Waals surface area contributed by atoms with Gasteiger partial charge in [-0.05, 0) is 67.3 Å². The second-order valence-corrected chi connectivity index (χ2v) is 11.8. The fourth-order valence-corrected chi connectivity index (χ4v) is 7.19. The van der Waals surface area contributed by atoms with Gasteiger partial charge in [-0.15, -0.1) is 23.1 Å². The van der Waals surface area contributed by atoms with E-state index in [2.05, 4.69) is 9.88 Å². The van der Waals surface area contributed by atoms with Crippen molar-refractivity contribution in [3.63, 3.8) is 0 Å². The summed E-state index contributed by atoms with van der Waals surface area (Å²) in [6.07, 6.45) is 2.90. The fourth-order valence-electron chi connectivity index (χ4n) is 4.99. The van der Waals surface area contributed by atoms with Crippen molar-refractivity contribution in [1.82, 2.24) is 9.88 Å². The van der Waals surface area contributed by atoms with E-state index >= 15 is 0 Å². The van der Waals surface area contributed by atoms with Crippen molar-refractivity contribution in [2.75, 3.05) is 32.5 Å². The monoisotopic (exact) mass is 552 g/mol. The quantitative estimate of drug-likeness (QED) is 0.277. The molecule has 10 heteroatoms. The van der Waals surface area contributed by atoms with Crippen LogP contribution in [0.1, 0.15) is 37.4 Å². The molecule has 3 unspecified atom stereocenters. The predicted octanol–water partition coefficient (Wildman–Crippen LogP) is 6.12. The highest BCUT2D eigenvalue weighted by Gasteiger charge is 2.31. The van der Waals surface area contributed by atoms with E-state index in [1.165, 1.54) is 29.2 Å². The molecule has 1 aliphatic rings. The second kappa shape index (κ2) is 12.6. The molecule has 36 heavy (non-hydrogen) atoms. The van der Waals surface area contributed by atoms with Gasteiger partial charge in [0.2, 0.25) is 0 Å². The summed E-state index contributed by atoms with van der Waals surface area (Å²) in [6, 6.07) is 6.97. The van der Waals surface area contributed by atoms with Gasteiger partial charge in [-0.3, -0.25) is 9.78 Å². The number of likely N-dealkylation sites (tertiary alicyclic amines) is 1. The number of hydrogen-bond acceptors (Lipinski definition) is 7. The number of aromatic nitrogens is 1. The number of thiophene rings is 1. The molecule has 194 valence electrons. The zero-order chi connectivity index (χ0) is 25.7. The fraction of sp³-hybridized carbons (Fsp3) is 0.462. The zero-order valence-corrected chi connectivity index (χ0v) is 22.4. The number of pyridine rings is 1. The topological polar surface area (TPSA) is 82.9 Å². The number of nitrogens with zero attached hydrogens (tertiary/aromatic N) is 2. The number of benzene rings is 1. The number of ether oxygens (including phenoxy) is 1. The van der Waals surface area contributed by atoms with Crippen LogP contribution >= 0.6 is 34.7 Å². The Kier molecular flexibility index (Phi) is 9.47. The van der Waals surface area contributed by atoms with Crippen molar-refractivity contribution in [1.29, 1.82) is 0 Å². The molecular weight excluding hydrogens is 523 g/mol. The third kappa shape index (κ3) is 6.69. The molecule has 1 aliphatic heterocycles. The van der Waals surface area contributed by atoms with E-state index in [4.69, 9.17) is 16.3 Å². The highest BCUT2D eigenvalue weighted by Crippen LogP contribution is 2.37. The van der Waals surface area contributed by atoms with E-state index in [9.17, 15) is 19.4 Å². The first kappa shape index (κ1) is 27.1. The number of hydrogen-bond donors (Lipinski definition) is 2. The van der Waals surface area contributed by atoms with Gasteiger partial charge in [0.25, 0.3) is 0 Å². The summed E-state index contributed by atoms with van der Waals surface area (Å²) in [4.78, 5) is 18.2. The average molecular weight is 553 g/mol. The molecule has 0 aliphatic carbocycles. The number of carboxylic acid groups (broad SMARTS) is 1. The summed E-state index contributed by atoms with van der Waals surface area (Å²) in [5.41, 5.74) is 1.36. The van der Waals surface area contributed by atoms with E-state index in [1.54, 1.807) is 18.7 Å². The van der Waals surface area contributed by atoms with Crippen molar-refractivity contribution >= 4 is 51.6 Å². The Labute approximate surface area is 223 Å². The van der Waals surface area contributed by atoms with Crippen LogP contribution in [0.15, 0.2) is 40.1 Å². The van der Waals surface area contributed by atoms with Crippen LogP contribution in [0.5, 0.6) is 5.75 Å². The summed E-state index contributed by atoms with van der Waals surface area (Å²) in [5, 5.41) is 23.5. The van der Waals surface area contributed by atoms with Gasteiger partial charge in [0.05, 0.1) is 28.0 Å². The summed E-state index contributed by atoms with van der Waals surface area (Å²) >= 11 is 9.36. The zero-order valence-electron chi connectivity index (χ0n) is 20.0. The average Bonchev–Trinajstić information content (AvgIpc) is 3.27. The van der Waals surface area contributed by atoms with Crippen molar-refractivity contribution in [3.05, 3.63) is 52.2 Å². The van der Waals surface area contributed by atoms with Crippen LogP contribution in [0.3, 0.4) is 0 Å². The molecule has 4 rings (SSSR count). The van der Waals surface area contributed by atoms with Gasteiger partial charge >= 0.3 is 5.97 Å². The molecule has 0 amide bonds. The number of aliphatic hydroxyl groups is 1. The number of piperidine rings is 1. The lowest BCUT2D eigenvalue weighted by Crippen LogP contribution is -2.42. The third-order valence-electron chi connectivity index (χ3n) is 6.85. The normalized spacial score (nSPS) is 19.4. The molecule has 3 atom stereocenters. The first-order valence-electron chi connectivity index (χ1n) is 12.0. The maximum Gasteiger partial charge on any atom is 0.303 e. The third-order valence-corrected chi connectivity index (χ3v) is 9.32. The number of fused-ring (bicyclic) bond motifs is 1. The minimum atomic E-state index is -0.808. The maximum atomic E-state index is 13.7. The summed E-state index contributed by atoms with van der Waals surface area (Å²) in [7, 11) is 1.59. The van der Waals surface area contributed by atoms with E-state index in [0.717, 1.165) is 36.2 Å². The molecule has 6 nitrogen and oxygen atoms in total. The van der Waals surface area contributed by atoms with E-state index in [-0.39, 0.29) is 24.1 Å². The molecule has 2 aromatic heterocycles. The Bertz CT molecular complexity index is 1190. The minimum Gasteiger partial charge on any atom is -0.497 e. The van der Waals surface area contributed by atoms with Gasteiger partial charge < -0.3 is 19.8 Å². The Balaban J connectivity index is 1.38. The lowest BCUT2D eigenvalue weighted by atomic mass is 9.79. The minimum absolute atomic E-state index is 0.00308. The molecule has 0 bridgehead atoms. The number of rotatable bonds is 11. The molecule has 3 heterocycles. The number of carbonyl (C=O) groups is 1. The highest BCUT2D eigenvalue weighted by molar-refractivity contribution is 8.01. The van der Waals surface area contributed by atoms with Crippen molar-refractivity contribution in [2.45, 2.75) is 36.0 Å². The molecule has 1 saturated heterocycles. The molecule has 1 aromatic carbocycles. The van der Waals surface area contributed by atoms with E-state index in [0.29, 0.717) is 39.9 Å². The Morgan fingerprint density at radius 1 is 1.39 bits per heavy atom.